The van der Waals surface area contributed by atoms with Crippen molar-refractivity contribution in [3.05, 3.63) is 0 Å². The average molecular weight is 181 g/mol. The predicted octanol–water partition coefficient (Wildman–Crippen LogP) is 1.51. The van der Waals surface area contributed by atoms with Gasteiger partial charge in [0.15, 0.2) is 0 Å². The second kappa shape index (κ2) is 4.61. The van der Waals surface area contributed by atoms with Crippen molar-refractivity contribution < 1.29 is 0 Å². The topological polar surface area (TPSA) is 18.8 Å². The molecule has 0 aromatic heterocycles. The fourth-order valence-corrected chi connectivity index (χ4v) is 2.06. The third-order valence-corrected chi connectivity index (χ3v) is 2.84. The lowest BCUT2D eigenvalue weighted by molar-refractivity contribution is 0.0495. The summed E-state index contributed by atoms with van der Waals surface area (Å²) in [6.07, 6.45) is 8.75. The molecule has 0 saturated carbocycles. The molecular weight excluding hydrogens is 162 g/mol. The minimum atomic E-state index is 1.02. The Morgan fingerprint density at radius 1 is 0.846 bits per heavy atom. The molecule has 3 heteroatoms. The van der Waals surface area contributed by atoms with Crippen LogP contribution in [0.5, 0.6) is 0 Å². The molecule has 2 heterocycles. The van der Waals surface area contributed by atoms with Crippen molar-refractivity contribution in [2.24, 2.45) is 4.99 Å². The smallest absolute Gasteiger partial charge is 0.0994 e. The van der Waals surface area contributed by atoms with Crippen LogP contribution in [0, 0.1) is 0 Å². The molecule has 74 valence electrons. The van der Waals surface area contributed by atoms with E-state index >= 15 is 0 Å². The molecule has 13 heavy (non-hydrogen) atoms. The van der Waals surface area contributed by atoms with E-state index in [-0.39, 0.29) is 0 Å². The summed E-state index contributed by atoms with van der Waals surface area (Å²) < 4.78 is 0. The predicted molar refractivity (Wildman–Crippen MR) is 54.7 cm³/mol. The standard InChI is InChI=1S/C10H19N3/c1-2-4-8-12(7-3-1)13-9-5-6-11-10-13/h10H,1-9H2. The average Bonchev–Trinajstić information content (AvgIpc) is 2.47. The van der Waals surface area contributed by atoms with E-state index in [4.69, 9.17) is 0 Å². The lowest BCUT2D eigenvalue weighted by Gasteiger charge is -2.34. The Labute approximate surface area is 80.4 Å². The van der Waals surface area contributed by atoms with Crippen LogP contribution >= 0.6 is 0 Å². The summed E-state index contributed by atoms with van der Waals surface area (Å²) in [5, 5.41) is 4.78. The molecule has 0 aromatic rings. The van der Waals surface area contributed by atoms with E-state index in [1.54, 1.807) is 0 Å². The first-order valence-corrected chi connectivity index (χ1v) is 5.48. The molecule has 2 rings (SSSR count). The third kappa shape index (κ3) is 2.44. The Bertz CT molecular complexity index is 171. The fourth-order valence-electron chi connectivity index (χ4n) is 2.06. The van der Waals surface area contributed by atoms with Gasteiger partial charge in [-0.3, -0.25) is 10.0 Å². The third-order valence-electron chi connectivity index (χ3n) is 2.84. The zero-order chi connectivity index (χ0) is 8.93. The van der Waals surface area contributed by atoms with Crippen molar-refractivity contribution >= 4 is 6.34 Å². The summed E-state index contributed by atoms with van der Waals surface area (Å²) in [4.78, 5) is 4.32. The molecule has 3 nitrogen and oxygen atoms in total. The van der Waals surface area contributed by atoms with Gasteiger partial charge in [-0.1, -0.05) is 12.8 Å². The van der Waals surface area contributed by atoms with Crippen LogP contribution in [-0.2, 0) is 0 Å². The van der Waals surface area contributed by atoms with Crippen LogP contribution in [0.1, 0.15) is 32.1 Å². The molecule has 2 aliphatic heterocycles. The van der Waals surface area contributed by atoms with Gasteiger partial charge in [-0.25, -0.2) is 5.01 Å². The van der Waals surface area contributed by atoms with Crippen molar-refractivity contribution in [2.45, 2.75) is 32.1 Å². The largest absolute Gasteiger partial charge is 0.296 e. The zero-order valence-electron chi connectivity index (χ0n) is 8.28. The monoisotopic (exact) mass is 181 g/mol. The van der Waals surface area contributed by atoms with E-state index < -0.39 is 0 Å². The second-order valence-electron chi connectivity index (χ2n) is 3.91. The fraction of sp³-hybridized carbons (Fsp3) is 0.900. The Balaban J connectivity index is 1.89. The molecular formula is C10H19N3. The van der Waals surface area contributed by atoms with Crippen LogP contribution in [0.4, 0.5) is 0 Å². The number of hydrogen-bond acceptors (Lipinski definition) is 3. The van der Waals surface area contributed by atoms with Crippen molar-refractivity contribution in [3.8, 4) is 0 Å². The Morgan fingerprint density at radius 2 is 1.62 bits per heavy atom. The Hall–Kier alpha value is -0.570. The number of rotatable bonds is 1. The van der Waals surface area contributed by atoms with Gasteiger partial charge in [0.25, 0.3) is 0 Å². The van der Waals surface area contributed by atoms with E-state index in [1.807, 2.05) is 6.34 Å². The van der Waals surface area contributed by atoms with E-state index in [9.17, 15) is 0 Å². The van der Waals surface area contributed by atoms with Gasteiger partial charge in [0.1, 0.15) is 0 Å². The maximum Gasteiger partial charge on any atom is 0.0994 e. The number of nitrogens with zero attached hydrogens (tertiary/aromatic N) is 3. The molecule has 1 fully saturated rings. The highest BCUT2D eigenvalue weighted by Crippen LogP contribution is 2.12. The van der Waals surface area contributed by atoms with Crippen molar-refractivity contribution in [1.82, 2.24) is 10.0 Å². The number of hydrogen-bond donors (Lipinski definition) is 0. The molecule has 0 radical (unpaired) electrons. The first-order chi connectivity index (χ1) is 6.47. The molecule has 2 aliphatic rings. The van der Waals surface area contributed by atoms with Crippen molar-refractivity contribution in [2.75, 3.05) is 26.2 Å². The summed E-state index contributed by atoms with van der Waals surface area (Å²) in [6.45, 7) is 4.64. The maximum absolute atomic E-state index is 4.32. The van der Waals surface area contributed by atoms with Gasteiger partial charge >= 0.3 is 0 Å². The minimum absolute atomic E-state index is 1.02. The lowest BCUT2D eigenvalue weighted by Crippen LogP contribution is -2.44. The maximum atomic E-state index is 4.32. The molecule has 0 bridgehead atoms. The Kier molecular flexibility index (Phi) is 3.19. The van der Waals surface area contributed by atoms with E-state index in [0.717, 1.165) is 6.54 Å². The van der Waals surface area contributed by atoms with Gasteiger partial charge in [0.2, 0.25) is 0 Å². The van der Waals surface area contributed by atoms with Crippen LogP contribution in [0.3, 0.4) is 0 Å². The summed E-state index contributed by atoms with van der Waals surface area (Å²) in [7, 11) is 0. The van der Waals surface area contributed by atoms with E-state index in [0.29, 0.717) is 0 Å². The van der Waals surface area contributed by atoms with Crippen LogP contribution in [0.2, 0.25) is 0 Å². The quantitative estimate of drug-likeness (QED) is 0.610. The van der Waals surface area contributed by atoms with Gasteiger partial charge < -0.3 is 0 Å². The summed E-state index contributed by atoms with van der Waals surface area (Å²) in [5.74, 6) is 0. The van der Waals surface area contributed by atoms with Crippen LogP contribution < -0.4 is 0 Å². The molecule has 0 N–H and O–H groups in total. The van der Waals surface area contributed by atoms with Gasteiger partial charge in [0, 0.05) is 26.2 Å². The molecule has 0 amide bonds. The first kappa shape index (κ1) is 9.00. The van der Waals surface area contributed by atoms with Gasteiger partial charge in [-0.2, -0.15) is 0 Å². The summed E-state index contributed by atoms with van der Waals surface area (Å²) >= 11 is 0. The summed E-state index contributed by atoms with van der Waals surface area (Å²) in [5.41, 5.74) is 0. The molecule has 0 unspecified atom stereocenters. The highest BCUT2D eigenvalue weighted by atomic mass is 15.6. The van der Waals surface area contributed by atoms with Gasteiger partial charge in [-0.05, 0) is 19.3 Å². The van der Waals surface area contributed by atoms with Crippen molar-refractivity contribution in [1.29, 1.82) is 0 Å². The number of aliphatic imine (C=N–C) groups is 1. The first-order valence-electron chi connectivity index (χ1n) is 5.48. The molecule has 0 spiro atoms. The highest BCUT2D eigenvalue weighted by molar-refractivity contribution is 5.54. The van der Waals surface area contributed by atoms with Gasteiger partial charge in [0.05, 0.1) is 6.34 Å². The lowest BCUT2D eigenvalue weighted by atomic mass is 10.2. The zero-order valence-corrected chi connectivity index (χ0v) is 8.28. The van der Waals surface area contributed by atoms with Crippen LogP contribution in [-0.4, -0.2) is 42.5 Å². The van der Waals surface area contributed by atoms with Gasteiger partial charge in [-0.15, -0.1) is 0 Å². The van der Waals surface area contributed by atoms with E-state index in [2.05, 4.69) is 15.0 Å². The summed E-state index contributed by atoms with van der Waals surface area (Å²) in [6, 6.07) is 0. The van der Waals surface area contributed by atoms with Crippen LogP contribution in [0.25, 0.3) is 0 Å². The SMILES string of the molecule is C1=NCCCN1N1CCCCCC1. The highest BCUT2D eigenvalue weighted by Gasteiger charge is 2.15. The molecule has 0 aliphatic carbocycles. The Morgan fingerprint density at radius 3 is 2.23 bits per heavy atom. The molecule has 1 saturated heterocycles. The van der Waals surface area contributed by atoms with Crippen molar-refractivity contribution in [3.63, 3.8) is 0 Å². The molecule has 0 aromatic carbocycles. The normalized spacial score (nSPS) is 26.0. The minimum Gasteiger partial charge on any atom is -0.296 e. The second-order valence-corrected chi connectivity index (χ2v) is 3.91. The molecule has 0 atom stereocenters. The van der Waals surface area contributed by atoms with E-state index in [1.165, 1.54) is 51.7 Å². The van der Waals surface area contributed by atoms with Crippen LogP contribution in [0.15, 0.2) is 4.99 Å². The number of hydrazine groups is 1.